The number of benzene rings is 1. The van der Waals surface area contributed by atoms with Crippen molar-refractivity contribution in [1.29, 1.82) is 0 Å². The second kappa shape index (κ2) is 5.15. The van der Waals surface area contributed by atoms with Gasteiger partial charge in [-0.05, 0) is 23.6 Å². The van der Waals surface area contributed by atoms with E-state index in [0.717, 1.165) is 21.5 Å². The van der Waals surface area contributed by atoms with E-state index in [-0.39, 0.29) is 6.04 Å². The minimum absolute atomic E-state index is 0.0756. The molecule has 1 aromatic carbocycles. The quantitative estimate of drug-likeness (QED) is 0.882. The van der Waals surface area contributed by atoms with Crippen molar-refractivity contribution >= 4 is 27.5 Å². The molecule has 2 N–H and O–H groups in total. The highest BCUT2D eigenvalue weighted by atomic mass is 79.9. The van der Waals surface area contributed by atoms with Crippen molar-refractivity contribution in [3.05, 3.63) is 33.3 Å². The molecule has 0 aliphatic rings. The van der Waals surface area contributed by atoms with Crippen LogP contribution in [0.2, 0.25) is 5.02 Å². The summed E-state index contributed by atoms with van der Waals surface area (Å²) >= 11 is 9.35. The summed E-state index contributed by atoms with van der Waals surface area (Å²) in [4.78, 5) is 0. The largest absolute Gasteiger partial charge is 0.324 e. The lowest BCUT2D eigenvalue weighted by atomic mass is 9.93. The molecule has 0 fully saturated rings. The molecule has 0 aliphatic carbocycles. The summed E-state index contributed by atoms with van der Waals surface area (Å²) in [5, 5.41) is 0.733. The Morgan fingerprint density at radius 3 is 2.64 bits per heavy atom. The summed E-state index contributed by atoms with van der Waals surface area (Å²) in [5.41, 5.74) is 7.26. The van der Waals surface area contributed by atoms with Crippen LogP contribution in [0.25, 0.3) is 0 Å². The third-order valence-electron chi connectivity index (χ3n) is 2.58. The molecule has 0 spiro atoms. The minimum atomic E-state index is 0.0756. The highest BCUT2D eigenvalue weighted by Gasteiger charge is 2.15. The molecule has 0 saturated heterocycles. The Morgan fingerprint density at radius 2 is 2.14 bits per heavy atom. The third-order valence-corrected chi connectivity index (χ3v) is 3.50. The molecular formula is C11H15BrClN. The van der Waals surface area contributed by atoms with E-state index >= 15 is 0 Å². The first-order chi connectivity index (χ1) is 6.56. The van der Waals surface area contributed by atoms with E-state index in [0.29, 0.717) is 5.92 Å². The Hall–Kier alpha value is -0.0500. The normalized spacial score (nSPS) is 15.2. The molecule has 0 aliphatic heterocycles. The first kappa shape index (κ1) is 12.0. The van der Waals surface area contributed by atoms with Gasteiger partial charge in [0.15, 0.2) is 0 Å². The van der Waals surface area contributed by atoms with Crippen LogP contribution < -0.4 is 5.73 Å². The topological polar surface area (TPSA) is 26.0 Å². The van der Waals surface area contributed by atoms with Crippen molar-refractivity contribution in [2.75, 3.05) is 0 Å². The summed E-state index contributed by atoms with van der Waals surface area (Å²) in [6.45, 7) is 4.31. The zero-order chi connectivity index (χ0) is 10.7. The molecule has 3 heteroatoms. The van der Waals surface area contributed by atoms with Gasteiger partial charge in [0.25, 0.3) is 0 Å². The fraction of sp³-hybridized carbons (Fsp3) is 0.455. The number of nitrogens with two attached hydrogens (primary N) is 1. The Bertz CT molecular complexity index is 314. The lowest BCUT2D eigenvalue weighted by Crippen LogP contribution is -2.18. The lowest BCUT2D eigenvalue weighted by Gasteiger charge is -2.20. The van der Waals surface area contributed by atoms with Gasteiger partial charge in [-0.1, -0.05) is 53.9 Å². The summed E-state index contributed by atoms with van der Waals surface area (Å²) in [7, 11) is 0. The second-order valence-electron chi connectivity index (χ2n) is 3.58. The Kier molecular flexibility index (Phi) is 4.42. The van der Waals surface area contributed by atoms with Gasteiger partial charge < -0.3 is 5.73 Å². The Labute approximate surface area is 98.8 Å². The minimum Gasteiger partial charge on any atom is -0.324 e. The predicted molar refractivity (Wildman–Crippen MR) is 65.5 cm³/mol. The maximum absolute atomic E-state index is 6.13. The van der Waals surface area contributed by atoms with Crippen molar-refractivity contribution < 1.29 is 0 Å². The van der Waals surface area contributed by atoms with E-state index < -0.39 is 0 Å². The van der Waals surface area contributed by atoms with E-state index in [1.165, 1.54) is 0 Å². The Balaban J connectivity index is 2.95. The van der Waals surface area contributed by atoms with Crippen LogP contribution in [0.4, 0.5) is 0 Å². The van der Waals surface area contributed by atoms with Crippen molar-refractivity contribution in [3.8, 4) is 0 Å². The van der Waals surface area contributed by atoms with Gasteiger partial charge in [0.2, 0.25) is 0 Å². The fourth-order valence-electron chi connectivity index (χ4n) is 1.33. The predicted octanol–water partition coefficient (Wildman–Crippen LogP) is 4.15. The summed E-state index contributed by atoms with van der Waals surface area (Å²) in [5.74, 6) is 0.479. The average Bonchev–Trinajstić information content (AvgIpc) is 2.15. The van der Waals surface area contributed by atoms with Crippen LogP contribution in [0.3, 0.4) is 0 Å². The molecule has 0 radical (unpaired) electrons. The summed E-state index contributed by atoms with van der Waals surface area (Å²) < 4.78 is 0.998. The van der Waals surface area contributed by atoms with Crippen molar-refractivity contribution in [2.24, 2.45) is 11.7 Å². The zero-order valence-corrected chi connectivity index (χ0v) is 10.8. The molecule has 0 saturated carbocycles. The Morgan fingerprint density at radius 1 is 1.50 bits per heavy atom. The molecular weight excluding hydrogens is 261 g/mol. The maximum Gasteiger partial charge on any atom is 0.0417 e. The molecule has 1 nitrogen and oxygen atoms in total. The van der Waals surface area contributed by atoms with Gasteiger partial charge in [0, 0.05) is 15.5 Å². The molecule has 0 amide bonds. The molecule has 2 atom stereocenters. The van der Waals surface area contributed by atoms with Crippen LogP contribution in [0.1, 0.15) is 31.9 Å². The number of halogens is 2. The molecule has 0 aromatic heterocycles. The highest BCUT2D eigenvalue weighted by Crippen LogP contribution is 2.30. The first-order valence-electron chi connectivity index (χ1n) is 4.76. The van der Waals surface area contributed by atoms with E-state index in [9.17, 15) is 0 Å². The molecule has 0 heterocycles. The fourth-order valence-corrected chi connectivity index (χ4v) is 2.28. The van der Waals surface area contributed by atoms with Crippen LogP contribution in [0.5, 0.6) is 0 Å². The van der Waals surface area contributed by atoms with Crippen LogP contribution in [-0.2, 0) is 0 Å². The third kappa shape index (κ3) is 2.72. The number of hydrogen-bond donors (Lipinski definition) is 1. The first-order valence-corrected chi connectivity index (χ1v) is 5.94. The van der Waals surface area contributed by atoms with E-state index in [2.05, 4.69) is 29.8 Å². The molecule has 78 valence electrons. The summed E-state index contributed by atoms with van der Waals surface area (Å²) in [6.07, 6.45) is 1.08. The van der Waals surface area contributed by atoms with E-state index in [1.54, 1.807) is 0 Å². The SMILES string of the molecule is CCC(C)C(N)c1ccc(Cl)cc1Br. The van der Waals surface area contributed by atoms with Gasteiger partial charge in [-0.2, -0.15) is 0 Å². The highest BCUT2D eigenvalue weighted by molar-refractivity contribution is 9.10. The van der Waals surface area contributed by atoms with Gasteiger partial charge in [-0.15, -0.1) is 0 Å². The molecule has 2 unspecified atom stereocenters. The van der Waals surface area contributed by atoms with Crippen LogP contribution in [0, 0.1) is 5.92 Å². The standard InChI is InChI=1S/C11H15BrClN/c1-3-7(2)11(14)9-5-4-8(13)6-10(9)12/h4-7,11H,3,14H2,1-2H3. The smallest absolute Gasteiger partial charge is 0.0417 e. The van der Waals surface area contributed by atoms with Gasteiger partial charge >= 0.3 is 0 Å². The van der Waals surface area contributed by atoms with Crippen molar-refractivity contribution in [3.63, 3.8) is 0 Å². The van der Waals surface area contributed by atoms with Crippen LogP contribution in [0.15, 0.2) is 22.7 Å². The number of hydrogen-bond acceptors (Lipinski definition) is 1. The van der Waals surface area contributed by atoms with Crippen LogP contribution >= 0.6 is 27.5 Å². The molecule has 1 rings (SSSR count). The van der Waals surface area contributed by atoms with Gasteiger partial charge in [0.1, 0.15) is 0 Å². The second-order valence-corrected chi connectivity index (χ2v) is 4.87. The molecule has 1 aromatic rings. The lowest BCUT2D eigenvalue weighted by molar-refractivity contribution is 0.455. The average molecular weight is 277 g/mol. The maximum atomic E-state index is 6.13. The van der Waals surface area contributed by atoms with Crippen molar-refractivity contribution in [2.45, 2.75) is 26.3 Å². The van der Waals surface area contributed by atoms with Crippen molar-refractivity contribution in [1.82, 2.24) is 0 Å². The molecule has 0 bridgehead atoms. The summed E-state index contributed by atoms with van der Waals surface area (Å²) in [6, 6.07) is 5.83. The monoisotopic (exact) mass is 275 g/mol. The van der Waals surface area contributed by atoms with Gasteiger partial charge in [-0.25, -0.2) is 0 Å². The van der Waals surface area contributed by atoms with Gasteiger partial charge in [0.05, 0.1) is 0 Å². The van der Waals surface area contributed by atoms with Gasteiger partial charge in [-0.3, -0.25) is 0 Å². The van der Waals surface area contributed by atoms with E-state index in [4.69, 9.17) is 17.3 Å². The van der Waals surface area contributed by atoms with E-state index in [1.807, 2.05) is 18.2 Å². The zero-order valence-electron chi connectivity index (χ0n) is 8.43. The number of rotatable bonds is 3. The molecule has 14 heavy (non-hydrogen) atoms. The van der Waals surface area contributed by atoms with Crippen LogP contribution in [-0.4, -0.2) is 0 Å².